The summed E-state index contributed by atoms with van der Waals surface area (Å²) in [6.45, 7) is 5.11. The summed E-state index contributed by atoms with van der Waals surface area (Å²) in [6, 6.07) is 3.68. The van der Waals surface area contributed by atoms with Gasteiger partial charge in [-0.3, -0.25) is 0 Å². The lowest BCUT2D eigenvalue weighted by Gasteiger charge is -2.07. The maximum atomic E-state index is 11.6. The van der Waals surface area contributed by atoms with Gasteiger partial charge in [-0.2, -0.15) is 0 Å². The summed E-state index contributed by atoms with van der Waals surface area (Å²) in [5.41, 5.74) is 0. The maximum absolute atomic E-state index is 11.6. The van der Waals surface area contributed by atoms with E-state index in [-0.39, 0.29) is 11.5 Å². The molecule has 0 saturated carbocycles. The second kappa shape index (κ2) is 6.81. The summed E-state index contributed by atoms with van der Waals surface area (Å²) in [4.78, 5) is 0. The van der Waals surface area contributed by atoms with Crippen LogP contribution in [0.2, 0.25) is 0 Å². The quantitative estimate of drug-likeness (QED) is 0.724. The number of hydrogen-bond acceptors (Lipinski definition) is 4. The maximum Gasteiger partial charge on any atom is 0.151 e. The predicted octanol–water partition coefficient (Wildman–Crippen LogP) is 1.83. The van der Waals surface area contributed by atoms with Gasteiger partial charge in [0, 0.05) is 6.54 Å². The van der Waals surface area contributed by atoms with Crippen molar-refractivity contribution in [3.05, 3.63) is 24.2 Å². The van der Waals surface area contributed by atoms with Crippen LogP contribution in [0.25, 0.3) is 0 Å². The van der Waals surface area contributed by atoms with Crippen LogP contribution in [0.3, 0.4) is 0 Å². The molecule has 0 spiro atoms. The highest BCUT2D eigenvalue weighted by atomic mass is 32.2. The van der Waals surface area contributed by atoms with E-state index in [0.717, 1.165) is 12.2 Å². The fourth-order valence-electron chi connectivity index (χ4n) is 1.37. The number of furan rings is 1. The van der Waals surface area contributed by atoms with Crippen LogP contribution >= 0.6 is 0 Å². The molecule has 17 heavy (non-hydrogen) atoms. The van der Waals surface area contributed by atoms with Crippen LogP contribution in [0, 0.1) is 5.92 Å². The lowest BCUT2D eigenvalue weighted by atomic mass is 10.2. The monoisotopic (exact) mass is 259 g/mol. The summed E-state index contributed by atoms with van der Waals surface area (Å²) < 4.78 is 28.4. The molecule has 98 valence electrons. The fraction of sp³-hybridized carbons (Fsp3) is 0.667. The van der Waals surface area contributed by atoms with Crippen molar-refractivity contribution in [1.29, 1.82) is 0 Å². The van der Waals surface area contributed by atoms with Gasteiger partial charge < -0.3 is 9.73 Å². The highest BCUT2D eigenvalue weighted by molar-refractivity contribution is 7.91. The molecule has 1 rings (SSSR count). The average Bonchev–Trinajstić information content (AvgIpc) is 2.75. The van der Waals surface area contributed by atoms with Gasteiger partial charge >= 0.3 is 0 Å². The zero-order chi connectivity index (χ0) is 12.7. The molecule has 1 aromatic rings. The fourth-order valence-corrected chi connectivity index (χ4v) is 2.86. The van der Waals surface area contributed by atoms with Gasteiger partial charge in [0.1, 0.15) is 5.76 Å². The molecule has 5 heteroatoms. The molecule has 0 atom stereocenters. The Labute approximate surface area is 103 Å². The standard InChI is InChI=1S/C12H21NO3S/c1-11(2)5-8-17(14,15)9-6-13-10-12-4-3-7-16-12/h3-4,7,11,13H,5-6,8-10H2,1-2H3. The Morgan fingerprint density at radius 3 is 2.71 bits per heavy atom. The molecule has 1 N–H and O–H groups in total. The number of sulfone groups is 1. The molecular formula is C12H21NO3S. The second-order valence-electron chi connectivity index (χ2n) is 4.59. The van der Waals surface area contributed by atoms with Crippen molar-refractivity contribution in [2.24, 2.45) is 5.92 Å². The van der Waals surface area contributed by atoms with Crippen molar-refractivity contribution < 1.29 is 12.8 Å². The van der Waals surface area contributed by atoms with Crippen LogP contribution in [0.4, 0.5) is 0 Å². The Balaban J connectivity index is 2.17. The van der Waals surface area contributed by atoms with Crippen molar-refractivity contribution in [3.8, 4) is 0 Å². The summed E-state index contributed by atoms with van der Waals surface area (Å²) in [6.07, 6.45) is 2.34. The molecule has 1 heterocycles. The SMILES string of the molecule is CC(C)CCS(=O)(=O)CCNCc1ccco1. The first-order valence-electron chi connectivity index (χ1n) is 5.93. The molecule has 4 nitrogen and oxygen atoms in total. The Kier molecular flexibility index (Phi) is 5.71. The van der Waals surface area contributed by atoms with Gasteiger partial charge in [0.05, 0.1) is 24.3 Å². The zero-order valence-electron chi connectivity index (χ0n) is 10.5. The molecule has 0 bridgehead atoms. The Morgan fingerprint density at radius 1 is 1.35 bits per heavy atom. The molecule has 0 radical (unpaired) electrons. The minimum atomic E-state index is -2.91. The molecule has 0 fully saturated rings. The molecule has 0 aliphatic heterocycles. The van der Waals surface area contributed by atoms with Gasteiger partial charge in [-0.05, 0) is 24.5 Å². The highest BCUT2D eigenvalue weighted by Gasteiger charge is 2.11. The largest absolute Gasteiger partial charge is 0.468 e. The predicted molar refractivity (Wildman–Crippen MR) is 68.5 cm³/mol. The van der Waals surface area contributed by atoms with E-state index < -0.39 is 9.84 Å². The van der Waals surface area contributed by atoms with Crippen LogP contribution in [-0.4, -0.2) is 26.5 Å². The molecule has 1 aromatic heterocycles. The molecule has 0 aliphatic carbocycles. The van der Waals surface area contributed by atoms with Gasteiger partial charge in [-0.25, -0.2) is 8.42 Å². The normalized spacial score (nSPS) is 12.2. The van der Waals surface area contributed by atoms with Gasteiger partial charge in [0.2, 0.25) is 0 Å². The van der Waals surface area contributed by atoms with Crippen molar-refractivity contribution in [1.82, 2.24) is 5.32 Å². The number of nitrogens with one attached hydrogen (secondary N) is 1. The third kappa shape index (κ3) is 6.48. The average molecular weight is 259 g/mol. The van der Waals surface area contributed by atoms with Crippen LogP contribution in [0.5, 0.6) is 0 Å². The minimum Gasteiger partial charge on any atom is -0.468 e. The number of rotatable bonds is 8. The van der Waals surface area contributed by atoms with Gasteiger partial charge in [-0.1, -0.05) is 13.8 Å². The van der Waals surface area contributed by atoms with E-state index >= 15 is 0 Å². The van der Waals surface area contributed by atoms with E-state index in [1.54, 1.807) is 6.26 Å². The van der Waals surface area contributed by atoms with Crippen LogP contribution in [0.15, 0.2) is 22.8 Å². The summed E-state index contributed by atoms with van der Waals surface area (Å²) in [5.74, 6) is 1.73. The lowest BCUT2D eigenvalue weighted by Crippen LogP contribution is -2.24. The summed E-state index contributed by atoms with van der Waals surface area (Å²) >= 11 is 0. The molecule has 0 unspecified atom stereocenters. The third-order valence-electron chi connectivity index (χ3n) is 2.48. The van der Waals surface area contributed by atoms with Crippen molar-refractivity contribution in [2.75, 3.05) is 18.1 Å². The summed E-state index contributed by atoms with van der Waals surface area (Å²) in [5, 5.41) is 3.06. The lowest BCUT2D eigenvalue weighted by molar-refractivity contribution is 0.486. The molecule has 0 aliphatic rings. The van der Waals surface area contributed by atoms with E-state index in [1.165, 1.54) is 0 Å². The first kappa shape index (κ1) is 14.3. The van der Waals surface area contributed by atoms with Crippen LogP contribution in [-0.2, 0) is 16.4 Å². The highest BCUT2D eigenvalue weighted by Crippen LogP contribution is 2.03. The smallest absolute Gasteiger partial charge is 0.151 e. The zero-order valence-corrected chi connectivity index (χ0v) is 11.3. The van der Waals surface area contributed by atoms with E-state index in [9.17, 15) is 8.42 Å². The Morgan fingerprint density at radius 2 is 2.12 bits per heavy atom. The third-order valence-corrected chi connectivity index (χ3v) is 4.16. The van der Waals surface area contributed by atoms with Crippen molar-refractivity contribution in [3.63, 3.8) is 0 Å². The van der Waals surface area contributed by atoms with Crippen molar-refractivity contribution >= 4 is 9.84 Å². The Hall–Kier alpha value is -0.810. The topological polar surface area (TPSA) is 59.3 Å². The summed E-state index contributed by atoms with van der Waals surface area (Å²) in [7, 11) is -2.91. The van der Waals surface area contributed by atoms with E-state index in [0.29, 0.717) is 19.0 Å². The van der Waals surface area contributed by atoms with Crippen LogP contribution < -0.4 is 5.32 Å². The van der Waals surface area contributed by atoms with E-state index in [4.69, 9.17) is 4.42 Å². The van der Waals surface area contributed by atoms with E-state index in [2.05, 4.69) is 5.32 Å². The first-order chi connectivity index (χ1) is 7.99. The molecule has 0 aromatic carbocycles. The van der Waals surface area contributed by atoms with Gasteiger partial charge in [0.25, 0.3) is 0 Å². The van der Waals surface area contributed by atoms with E-state index in [1.807, 2.05) is 26.0 Å². The van der Waals surface area contributed by atoms with Gasteiger partial charge in [-0.15, -0.1) is 0 Å². The Bertz CT molecular complexity index is 395. The van der Waals surface area contributed by atoms with Gasteiger partial charge in [0.15, 0.2) is 9.84 Å². The minimum absolute atomic E-state index is 0.195. The first-order valence-corrected chi connectivity index (χ1v) is 7.75. The molecule has 0 saturated heterocycles. The second-order valence-corrected chi connectivity index (χ2v) is 6.89. The molecule has 0 amide bonds. The van der Waals surface area contributed by atoms with Crippen molar-refractivity contribution in [2.45, 2.75) is 26.8 Å². The number of hydrogen-bond donors (Lipinski definition) is 1. The molecular weight excluding hydrogens is 238 g/mol. The van der Waals surface area contributed by atoms with Crippen LogP contribution in [0.1, 0.15) is 26.0 Å².